The molecule has 1 heterocycles. The molecule has 1 rings (SSSR count). The Morgan fingerprint density at radius 3 is 2.40 bits per heavy atom. The van der Waals surface area contributed by atoms with E-state index in [9.17, 15) is 4.79 Å². The molecule has 0 saturated carbocycles. The lowest BCUT2D eigenvalue weighted by atomic mass is 9.92. The van der Waals surface area contributed by atoms with E-state index >= 15 is 0 Å². The molecule has 0 aliphatic carbocycles. The molecule has 4 nitrogen and oxygen atoms in total. The van der Waals surface area contributed by atoms with Crippen molar-refractivity contribution in [2.24, 2.45) is 11.3 Å². The van der Waals surface area contributed by atoms with E-state index in [0.717, 1.165) is 38.5 Å². The Bertz CT molecular complexity index is 278. The first-order chi connectivity index (χ1) is 9.40. The molecule has 118 valence electrons. The number of nitrogens with zero attached hydrogens (tertiary/aromatic N) is 1. The van der Waals surface area contributed by atoms with E-state index in [4.69, 9.17) is 0 Å². The average Bonchev–Trinajstić information content (AvgIpc) is 2.36. The summed E-state index contributed by atoms with van der Waals surface area (Å²) < 4.78 is 0. The Labute approximate surface area is 124 Å². The van der Waals surface area contributed by atoms with E-state index in [1.807, 2.05) is 7.05 Å². The van der Waals surface area contributed by atoms with Crippen molar-refractivity contribution in [3.05, 3.63) is 0 Å². The number of hydrogen-bond acceptors (Lipinski definition) is 3. The van der Waals surface area contributed by atoms with Gasteiger partial charge in [-0.2, -0.15) is 0 Å². The minimum absolute atomic E-state index is 0.183. The quantitative estimate of drug-likeness (QED) is 0.749. The molecular formula is C16H33N3O. The number of nitrogens with one attached hydrogen (secondary N) is 2. The monoisotopic (exact) mass is 283 g/mol. The largest absolute Gasteiger partial charge is 0.355 e. The lowest BCUT2D eigenvalue weighted by molar-refractivity contribution is -0.122. The number of amides is 1. The van der Waals surface area contributed by atoms with Gasteiger partial charge in [-0.1, -0.05) is 20.8 Å². The number of carbonyl (C=O) groups excluding carboxylic acids is 1. The highest BCUT2D eigenvalue weighted by Gasteiger charge is 2.20. The van der Waals surface area contributed by atoms with Crippen molar-refractivity contribution in [2.45, 2.75) is 46.5 Å². The van der Waals surface area contributed by atoms with Crippen LogP contribution in [0.25, 0.3) is 0 Å². The maximum Gasteiger partial charge on any atom is 0.234 e. The molecule has 0 spiro atoms. The summed E-state index contributed by atoms with van der Waals surface area (Å²) in [6.45, 7) is 11.2. The summed E-state index contributed by atoms with van der Waals surface area (Å²) >= 11 is 0. The molecule has 0 aromatic rings. The standard InChI is InChI=1S/C16H33N3O/c1-16(2,3)8-10-18-15(20)13-19-11-6-14(7-12-19)5-9-17-4/h14,17H,5-13H2,1-4H3,(H,18,20). The first kappa shape index (κ1) is 17.4. The lowest BCUT2D eigenvalue weighted by Gasteiger charge is -2.31. The van der Waals surface area contributed by atoms with Gasteiger partial charge in [-0.25, -0.2) is 0 Å². The number of rotatable bonds is 7. The van der Waals surface area contributed by atoms with E-state index < -0.39 is 0 Å². The van der Waals surface area contributed by atoms with Gasteiger partial charge in [-0.3, -0.25) is 9.69 Å². The second kappa shape index (κ2) is 8.63. The first-order valence-electron chi connectivity index (χ1n) is 8.04. The topological polar surface area (TPSA) is 44.4 Å². The third-order valence-electron chi connectivity index (χ3n) is 4.07. The summed E-state index contributed by atoms with van der Waals surface area (Å²) in [4.78, 5) is 14.2. The molecule has 1 amide bonds. The van der Waals surface area contributed by atoms with Crippen molar-refractivity contribution in [1.29, 1.82) is 0 Å². The molecular weight excluding hydrogens is 250 g/mol. The summed E-state index contributed by atoms with van der Waals surface area (Å²) in [5.74, 6) is 1.02. The van der Waals surface area contributed by atoms with Gasteiger partial charge >= 0.3 is 0 Å². The fourth-order valence-corrected chi connectivity index (χ4v) is 2.62. The molecule has 20 heavy (non-hydrogen) atoms. The summed E-state index contributed by atoms with van der Waals surface area (Å²) in [7, 11) is 2.01. The molecule has 0 aromatic heterocycles. The van der Waals surface area contributed by atoms with Crippen molar-refractivity contribution in [3.8, 4) is 0 Å². The van der Waals surface area contributed by atoms with Crippen molar-refractivity contribution in [3.63, 3.8) is 0 Å². The minimum Gasteiger partial charge on any atom is -0.355 e. The maximum atomic E-state index is 11.9. The number of likely N-dealkylation sites (tertiary alicyclic amines) is 1. The van der Waals surface area contributed by atoms with Gasteiger partial charge < -0.3 is 10.6 Å². The van der Waals surface area contributed by atoms with Crippen LogP contribution in [0.5, 0.6) is 0 Å². The zero-order valence-corrected chi connectivity index (χ0v) is 13.8. The number of piperidine rings is 1. The summed E-state index contributed by atoms with van der Waals surface area (Å²) in [6, 6.07) is 0. The van der Waals surface area contributed by atoms with Gasteiger partial charge in [0.25, 0.3) is 0 Å². The van der Waals surface area contributed by atoms with E-state index in [-0.39, 0.29) is 5.91 Å². The smallest absolute Gasteiger partial charge is 0.234 e. The molecule has 0 bridgehead atoms. The third kappa shape index (κ3) is 7.85. The molecule has 1 aliphatic rings. The summed E-state index contributed by atoms with van der Waals surface area (Å²) in [5, 5.41) is 6.26. The van der Waals surface area contributed by atoms with Crippen LogP contribution in [0.2, 0.25) is 0 Å². The van der Waals surface area contributed by atoms with Crippen LogP contribution in [0.1, 0.15) is 46.5 Å². The highest BCUT2D eigenvalue weighted by Crippen LogP contribution is 2.19. The molecule has 0 aromatic carbocycles. The third-order valence-corrected chi connectivity index (χ3v) is 4.07. The van der Waals surface area contributed by atoms with E-state index in [1.54, 1.807) is 0 Å². The predicted molar refractivity (Wildman–Crippen MR) is 84.8 cm³/mol. The Morgan fingerprint density at radius 1 is 1.20 bits per heavy atom. The van der Waals surface area contributed by atoms with Crippen LogP contribution in [0.3, 0.4) is 0 Å². The van der Waals surface area contributed by atoms with Crippen LogP contribution in [0.4, 0.5) is 0 Å². The Kier molecular flexibility index (Phi) is 7.52. The predicted octanol–water partition coefficient (Wildman–Crippen LogP) is 1.86. The second-order valence-corrected chi connectivity index (χ2v) is 7.27. The van der Waals surface area contributed by atoms with E-state index in [2.05, 4.69) is 36.3 Å². The van der Waals surface area contributed by atoms with Crippen molar-refractivity contribution < 1.29 is 4.79 Å². The Morgan fingerprint density at radius 2 is 1.85 bits per heavy atom. The molecule has 1 aliphatic heterocycles. The van der Waals surface area contributed by atoms with Crippen molar-refractivity contribution in [1.82, 2.24) is 15.5 Å². The maximum absolute atomic E-state index is 11.9. The van der Waals surface area contributed by atoms with E-state index in [0.29, 0.717) is 12.0 Å². The molecule has 2 N–H and O–H groups in total. The zero-order valence-electron chi connectivity index (χ0n) is 13.8. The summed E-state index contributed by atoms with van der Waals surface area (Å²) in [6.07, 6.45) is 4.76. The Hall–Kier alpha value is -0.610. The first-order valence-corrected chi connectivity index (χ1v) is 8.04. The van der Waals surface area contributed by atoms with Gasteiger partial charge in [-0.15, -0.1) is 0 Å². The second-order valence-electron chi connectivity index (χ2n) is 7.27. The highest BCUT2D eigenvalue weighted by atomic mass is 16.2. The van der Waals surface area contributed by atoms with Gasteiger partial charge in [-0.05, 0) is 63.7 Å². The van der Waals surface area contributed by atoms with Crippen LogP contribution in [0, 0.1) is 11.3 Å². The zero-order chi connectivity index (χ0) is 15.0. The normalized spacial score (nSPS) is 18.2. The van der Waals surface area contributed by atoms with Crippen molar-refractivity contribution >= 4 is 5.91 Å². The fourth-order valence-electron chi connectivity index (χ4n) is 2.62. The van der Waals surface area contributed by atoms with Gasteiger partial charge in [0.1, 0.15) is 0 Å². The van der Waals surface area contributed by atoms with E-state index in [1.165, 1.54) is 19.3 Å². The van der Waals surface area contributed by atoms with Gasteiger partial charge in [0.05, 0.1) is 6.54 Å². The number of carbonyl (C=O) groups is 1. The number of hydrogen-bond donors (Lipinski definition) is 2. The van der Waals surface area contributed by atoms with Crippen LogP contribution in [-0.4, -0.2) is 50.6 Å². The van der Waals surface area contributed by atoms with Crippen LogP contribution in [0.15, 0.2) is 0 Å². The van der Waals surface area contributed by atoms with Gasteiger partial charge in [0, 0.05) is 6.54 Å². The molecule has 0 unspecified atom stereocenters. The molecule has 4 heteroatoms. The Balaban J connectivity index is 2.12. The lowest BCUT2D eigenvalue weighted by Crippen LogP contribution is -2.42. The van der Waals surface area contributed by atoms with Gasteiger partial charge in [0.2, 0.25) is 5.91 Å². The summed E-state index contributed by atoms with van der Waals surface area (Å²) in [5.41, 5.74) is 0.291. The average molecular weight is 283 g/mol. The van der Waals surface area contributed by atoms with Crippen molar-refractivity contribution in [2.75, 3.05) is 39.8 Å². The fraction of sp³-hybridized carbons (Fsp3) is 0.938. The highest BCUT2D eigenvalue weighted by molar-refractivity contribution is 5.77. The SMILES string of the molecule is CNCCC1CCN(CC(=O)NCCC(C)(C)C)CC1. The minimum atomic E-state index is 0.183. The van der Waals surface area contributed by atoms with Crippen LogP contribution >= 0.6 is 0 Å². The van der Waals surface area contributed by atoms with Gasteiger partial charge in [0.15, 0.2) is 0 Å². The van der Waals surface area contributed by atoms with Crippen LogP contribution in [-0.2, 0) is 4.79 Å². The molecule has 1 saturated heterocycles. The molecule has 0 radical (unpaired) electrons. The molecule has 1 fully saturated rings. The van der Waals surface area contributed by atoms with Crippen LogP contribution < -0.4 is 10.6 Å². The molecule has 0 atom stereocenters.